The highest BCUT2D eigenvalue weighted by molar-refractivity contribution is 14.1. The molecule has 6 nitrogen and oxygen atoms in total. The fraction of sp³-hybridized carbons (Fsp3) is 0.125. The van der Waals surface area contributed by atoms with Gasteiger partial charge in [0.25, 0.3) is 11.5 Å². The molecule has 2 aromatic heterocycles. The number of aryl methyl sites for hydroxylation is 1. The number of halogens is 1. The number of carbonyl (C=O) groups excluding carboxylic acids is 1. The molecule has 0 unspecified atom stereocenters. The third-order valence-electron chi connectivity index (χ3n) is 3.35. The number of amides is 1. The Bertz CT molecular complexity index is 935. The van der Waals surface area contributed by atoms with Gasteiger partial charge >= 0.3 is 0 Å². The van der Waals surface area contributed by atoms with Crippen molar-refractivity contribution in [2.24, 2.45) is 0 Å². The van der Waals surface area contributed by atoms with Crippen LogP contribution in [0.5, 0.6) is 0 Å². The maximum Gasteiger partial charge on any atom is 0.289 e. The highest BCUT2D eigenvalue weighted by Gasteiger charge is 2.15. The molecular formula is C16H13IN4O2. The van der Waals surface area contributed by atoms with Crippen LogP contribution in [0, 0.1) is 10.5 Å². The first-order valence-electron chi connectivity index (χ1n) is 6.93. The maximum absolute atomic E-state index is 12.4. The fourth-order valence-corrected chi connectivity index (χ4v) is 2.54. The van der Waals surface area contributed by atoms with E-state index in [0.29, 0.717) is 12.2 Å². The largest absolute Gasteiger partial charge is 0.346 e. The van der Waals surface area contributed by atoms with Crippen LogP contribution in [-0.2, 0) is 6.54 Å². The summed E-state index contributed by atoms with van der Waals surface area (Å²) in [7, 11) is 0. The van der Waals surface area contributed by atoms with Crippen molar-refractivity contribution in [2.75, 3.05) is 0 Å². The number of nitrogens with zero attached hydrogens (tertiary/aromatic N) is 3. The van der Waals surface area contributed by atoms with Crippen LogP contribution in [0.25, 0.3) is 5.65 Å². The van der Waals surface area contributed by atoms with E-state index in [9.17, 15) is 9.59 Å². The zero-order valence-electron chi connectivity index (χ0n) is 12.3. The van der Waals surface area contributed by atoms with Gasteiger partial charge in [-0.1, -0.05) is 29.8 Å². The van der Waals surface area contributed by atoms with Crippen LogP contribution < -0.4 is 10.9 Å². The number of fused-ring (bicyclic) bond motifs is 1. The summed E-state index contributed by atoms with van der Waals surface area (Å²) in [6.45, 7) is 2.32. The van der Waals surface area contributed by atoms with Gasteiger partial charge in [-0.15, -0.1) is 10.2 Å². The van der Waals surface area contributed by atoms with Crippen molar-refractivity contribution < 1.29 is 4.79 Å². The molecule has 0 aliphatic rings. The molecule has 0 bridgehead atoms. The summed E-state index contributed by atoms with van der Waals surface area (Å²) in [5.41, 5.74) is 1.82. The summed E-state index contributed by atoms with van der Waals surface area (Å²) in [6, 6.07) is 11.3. The quantitative estimate of drug-likeness (QED) is 0.658. The van der Waals surface area contributed by atoms with Crippen LogP contribution in [0.15, 0.2) is 47.4 Å². The Hall–Kier alpha value is -2.29. The van der Waals surface area contributed by atoms with Crippen molar-refractivity contribution in [3.05, 3.63) is 73.3 Å². The summed E-state index contributed by atoms with van der Waals surface area (Å²) in [4.78, 5) is 24.6. The molecule has 1 amide bonds. The topological polar surface area (TPSA) is 76.4 Å². The lowest BCUT2D eigenvalue weighted by Gasteiger charge is -2.06. The first-order valence-corrected chi connectivity index (χ1v) is 8.01. The van der Waals surface area contributed by atoms with Crippen molar-refractivity contribution in [2.45, 2.75) is 13.5 Å². The standard InChI is InChI=1S/C16H13IN4O2/c1-10-2-4-11(5-3-10)8-18-15(22)14-16(23)21-9-12(17)6-7-13(21)19-20-14/h2-7,9H,8H2,1H3,(H,18,22). The average Bonchev–Trinajstić information content (AvgIpc) is 2.55. The van der Waals surface area contributed by atoms with Gasteiger partial charge in [0.1, 0.15) is 0 Å². The van der Waals surface area contributed by atoms with E-state index in [1.807, 2.05) is 37.3 Å². The predicted octanol–water partition coefficient (Wildman–Crippen LogP) is 1.93. The van der Waals surface area contributed by atoms with Gasteiger partial charge in [0.05, 0.1) is 0 Å². The molecule has 7 heteroatoms. The number of nitrogens with one attached hydrogen (secondary N) is 1. The molecule has 0 spiro atoms. The minimum atomic E-state index is -0.531. The third kappa shape index (κ3) is 3.39. The van der Waals surface area contributed by atoms with E-state index in [1.54, 1.807) is 12.3 Å². The van der Waals surface area contributed by atoms with Crippen molar-refractivity contribution >= 4 is 34.1 Å². The van der Waals surface area contributed by atoms with Crippen LogP contribution in [0.2, 0.25) is 0 Å². The van der Waals surface area contributed by atoms with Gasteiger partial charge in [0.2, 0.25) is 5.69 Å². The van der Waals surface area contributed by atoms with E-state index in [-0.39, 0.29) is 5.69 Å². The zero-order chi connectivity index (χ0) is 16.4. The van der Waals surface area contributed by atoms with E-state index < -0.39 is 11.5 Å². The Morgan fingerprint density at radius 3 is 2.65 bits per heavy atom. The van der Waals surface area contributed by atoms with Gasteiger partial charge in [-0.25, -0.2) is 0 Å². The van der Waals surface area contributed by atoms with E-state index in [2.05, 4.69) is 38.1 Å². The average molecular weight is 420 g/mol. The molecule has 1 N–H and O–H groups in total. The van der Waals surface area contributed by atoms with E-state index in [0.717, 1.165) is 14.7 Å². The van der Waals surface area contributed by atoms with Gasteiger partial charge in [-0.3, -0.25) is 14.0 Å². The lowest BCUT2D eigenvalue weighted by molar-refractivity contribution is 0.0943. The Balaban J connectivity index is 1.84. The van der Waals surface area contributed by atoms with Crippen LogP contribution >= 0.6 is 22.6 Å². The molecule has 0 atom stereocenters. The van der Waals surface area contributed by atoms with Gasteiger partial charge in [0, 0.05) is 16.3 Å². The van der Waals surface area contributed by atoms with Gasteiger partial charge in [-0.05, 0) is 47.2 Å². The number of benzene rings is 1. The van der Waals surface area contributed by atoms with Crippen LogP contribution in [0.3, 0.4) is 0 Å². The Labute approximate surface area is 145 Å². The van der Waals surface area contributed by atoms with Gasteiger partial charge in [0.15, 0.2) is 5.65 Å². The lowest BCUT2D eigenvalue weighted by Crippen LogP contribution is -2.33. The smallest absolute Gasteiger partial charge is 0.289 e. The second kappa shape index (κ2) is 6.45. The van der Waals surface area contributed by atoms with Crippen molar-refractivity contribution in [3.63, 3.8) is 0 Å². The van der Waals surface area contributed by atoms with E-state index in [4.69, 9.17) is 0 Å². The molecule has 0 aliphatic heterocycles. The SMILES string of the molecule is Cc1ccc(CNC(=O)c2nnc3ccc(I)cn3c2=O)cc1. The van der Waals surface area contributed by atoms with Gasteiger partial charge < -0.3 is 5.32 Å². The monoisotopic (exact) mass is 420 g/mol. The molecular weight excluding hydrogens is 407 g/mol. The molecule has 0 fully saturated rings. The molecule has 116 valence electrons. The molecule has 3 aromatic rings. The second-order valence-electron chi connectivity index (χ2n) is 5.10. The Morgan fingerprint density at radius 1 is 1.17 bits per heavy atom. The number of aromatic nitrogens is 3. The first kappa shape index (κ1) is 15.6. The second-order valence-corrected chi connectivity index (χ2v) is 6.34. The highest BCUT2D eigenvalue weighted by Crippen LogP contribution is 2.05. The minimum absolute atomic E-state index is 0.211. The van der Waals surface area contributed by atoms with Gasteiger partial charge in [-0.2, -0.15) is 0 Å². The molecule has 0 aliphatic carbocycles. The zero-order valence-corrected chi connectivity index (χ0v) is 14.4. The molecule has 1 aromatic carbocycles. The number of carbonyl (C=O) groups is 1. The summed E-state index contributed by atoms with van der Waals surface area (Å²) < 4.78 is 2.20. The summed E-state index contributed by atoms with van der Waals surface area (Å²) in [5, 5.41) is 10.4. The van der Waals surface area contributed by atoms with E-state index >= 15 is 0 Å². The highest BCUT2D eigenvalue weighted by atomic mass is 127. The van der Waals surface area contributed by atoms with Crippen molar-refractivity contribution in [1.29, 1.82) is 0 Å². The van der Waals surface area contributed by atoms with Crippen LogP contribution in [-0.4, -0.2) is 20.5 Å². The molecule has 23 heavy (non-hydrogen) atoms. The summed E-state index contributed by atoms with van der Waals surface area (Å²) in [6.07, 6.45) is 1.63. The van der Waals surface area contributed by atoms with Crippen LogP contribution in [0.4, 0.5) is 0 Å². The minimum Gasteiger partial charge on any atom is -0.346 e. The summed E-state index contributed by atoms with van der Waals surface area (Å²) in [5.74, 6) is -0.531. The molecule has 0 radical (unpaired) electrons. The molecule has 0 saturated heterocycles. The van der Waals surface area contributed by atoms with E-state index in [1.165, 1.54) is 4.40 Å². The molecule has 0 saturated carbocycles. The first-order chi connectivity index (χ1) is 11.0. The maximum atomic E-state index is 12.4. The predicted molar refractivity (Wildman–Crippen MR) is 94.3 cm³/mol. The molecule has 3 rings (SSSR count). The number of rotatable bonds is 3. The lowest BCUT2D eigenvalue weighted by atomic mass is 10.1. The number of hydrogen-bond donors (Lipinski definition) is 1. The third-order valence-corrected chi connectivity index (χ3v) is 3.99. The number of pyridine rings is 1. The van der Waals surface area contributed by atoms with Crippen molar-refractivity contribution in [3.8, 4) is 0 Å². The molecule has 2 heterocycles. The normalized spacial score (nSPS) is 10.7. The Kier molecular flexibility index (Phi) is 4.37. The Morgan fingerprint density at radius 2 is 1.91 bits per heavy atom. The van der Waals surface area contributed by atoms with Crippen LogP contribution in [0.1, 0.15) is 21.6 Å². The van der Waals surface area contributed by atoms with Crippen molar-refractivity contribution in [1.82, 2.24) is 19.9 Å². The fourth-order valence-electron chi connectivity index (χ4n) is 2.08. The summed E-state index contributed by atoms with van der Waals surface area (Å²) >= 11 is 2.09. The number of hydrogen-bond acceptors (Lipinski definition) is 4.